The minimum atomic E-state index is 0.871. The van der Waals surface area contributed by atoms with Crippen LogP contribution < -0.4 is 5.32 Å². The van der Waals surface area contributed by atoms with Crippen LogP contribution in [0.15, 0.2) is 0 Å². The van der Waals surface area contributed by atoms with E-state index in [1.807, 2.05) is 0 Å². The van der Waals surface area contributed by atoms with E-state index in [9.17, 15) is 0 Å². The van der Waals surface area contributed by atoms with E-state index in [0.29, 0.717) is 0 Å². The van der Waals surface area contributed by atoms with Crippen molar-refractivity contribution in [1.29, 1.82) is 0 Å². The van der Waals surface area contributed by atoms with Crippen molar-refractivity contribution in [2.45, 2.75) is 64.3 Å². The van der Waals surface area contributed by atoms with Crippen LogP contribution in [-0.4, -0.2) is 13.1 Å². The molecule has 0 spiro atoms. The molecule has 1 heteroatoms. The molecule has 4 rings (SSSR count). The number of fused-ring (bicyclic) bond motifs is 5. The van der Waals surface area contributed by atoms with Gasteiger partial charge in [-0.25, -0.2) is 0 Å². The molecule has 4 fully saturated rings. The van der Waals surface area contributed by atoms with Gasteiger partial charge in [0.2, 0.25) is 0 Å². The summed E-state index contributed by atoms with van der Waals surface area (Å²) in [7, 11) is 2.24. The van der Waals surface area contributed by atoms with Crippen LogP contribution in [0.3, 0.4) is 0 Å². The second kappa shape index (κ2) is 4.76. The van der Waals surface area contributed by atoms with E-state index in [1.54, 1.807) is 19.3 Å². The Kier molecular flexibility index (Phi) is 3.17. The smallest absolute Gasteiger partial charge is 0.0126 e. The van der Waals surface area contributed by atoms with Gasteiger partial charge >= 0.3 is 0 Å². The first-order valence-electron chi connectivity index (χ1n) is 9.00. The Labute approximate surface area is 118 Å². The molecule has 1 N–H and O–H groups in total. The van der Waals surface area contributed by atoms with E-state index in [1.165, 1.54) is 32.1 Å². The van der Waals surface area contributed by atoms with Crippen LogP contribution in [0.1, 0.15) is 58.3 Å². The van der Waals surface area contributed by atoms with Crippen LogP contribution in [-0.2, 0) is 0 Å². The highest BCUT2D eigenvalue weighted by atomic mass is 14.9. The predicted octanol–water partition coefficient (Wildman–Crippen LogP) is 4.08. The summed E-state index contributed by atoms with van der Waals surface area (Å²) in [4.78, 5) is 0. The number of nitrogens with one attached hydrogen (secondary N) is 1. The molecule has 0 aromatic rings. The van der Waals surface area contributed by atoms with Crippen molar-refractivity contribution in [2.75, 3.05) is 7.05 Å². The third kappa shape index (κ3) is 1.91. The molecule has 0 aromatic heterocycles. The normalized spacial score (nSPS) is 53.1. The maximum Gasteiger partial charge on any atom is 0.0126 e. The lowest BCUT2D eigenvalue weighted by atomic mass is 9.75. The van der Waals surface area contributed by atoms with E-state index in [4.69, 9.17) is 0 Å². The Hall–Kier alpha value is -0.0400. The van der Waals surface area contributed by atoms with Crippen molar-refractivity contribution < 1.29 is 0 Å². The van der Waals surface area contributed by atoms with Gasteiger partial charge in [0, 0.05) is 6.04 Å². The van der Waals surface area contributed by atoms with E-state index < -0.39 is 0 Å². The first kappa shape index (κ1) is 12.7. The average molecular weight is 261 g/mol. The zero-order valence-corrected chi connectivity index (χ0v) is 12.8. The van der Waals surface area contributed by atoms with Gasteiger partial charge in [0.15, 0.2) is 0 Å². The van der Waals surface area contributed by atoms with Crippen molar-refractivity contribution in [3.05, 3.63) is 0 Å². The molecule has 4 aliphatic rings. The maximum atomic E-state index is 3.76. The van der Waals surface area contributed by atoms with Gasteiger partial charge in [-0.3, -0.25) is 0 Å². The molecule has 19 heavy (non-hydrogen) atoms. The zero-order valence-electron chi connectivity index (χ0n) is 12.8. The van der Waals surface area contributed by atoms with Crippen LogP contribution in [0.5, 0.6) is 0 Å². The van der Waals surface area contributed by atoms with Crippen molar-refractivity contribution >= 4 is 0 Å². The van der Waals surface area contributed by atoms with Crippen molar-refractivity contribution in [1.82, 2.24) is 5.32 Å². The number of hydrogen-bond donors (Lipinski definition) is 1. The van der Waals surface area contributed by atoms with Crippen molar-refractivity contribution in [3.8, 4) is 0 Å². The molecule has 2 bridgehead atoms. The fourth-order valence-corrected chi connectivity index (χ4v) is 6.57. The fraction of sp³-hybridized carbons (Fsp3) is 1.00. The SMILES string of the molecule is CCC1CCC(C(NC)C2C3C4CCC(C4)C32)CC1. The van der Waals surface area contributed by atoms with Gasteiger partial charge < -0.3 is 5.32 Å². The molecule has 5 unspecified atom stereocenters. The van der Waals surface area contributed by atoms with Crippen LogP contribution >= 0.6 is 0 Å². The quantitative estimate of drug-likeness (QED) is 0.804. The summed E-state index contributed by atoms with van der Waals surface area (Å²) >= 11 is 0. The minimum absolute atomic E-state index is 0.871. The largest absolute Gasteiger partial charge is 0.316 e. The van der Waals surface area contributed by atoms with Crippen LogP contribution in [0.2, 0.25) is 0 Å². The van der Waals surface area contributed by atoms with Gasteiger partial charge in [0.1, 0.15) is 0 Å². The lowest BCUT2D eigenvalue weighted by Crippen LogP contribution is -2.39. The molecule has 108 valence electrons. The standard InChI is InChI=1S/C18H31N/c1-3-11-4-6-12(7-5-11)18(19-2)17-15-13-8-9-14(10-13)16(15)17/h11-19H,3-10H2,1-2H3. The van der Waals surface area contributed by atoms with Crippen LogP contribution in [0.25, 0.3) is 0 Å². The van der Waals surface area contributed by atoms with Gasteiger partial charge in [0.25, 0.3) is 0 Å². The van der Waals surface area contributed by atoms with Crippen molar-refractivity contribution in [3.63, 3.8) is 0 Å². The molecule has 0 amide bonds. The summed E-state index contributed by atoms with van der Waals surface area (Å²) in [6.07, 6.45) is 12.2. The Bertz CT molecular complexity index is 315. The van der Waals surface area contributed by atoms with Crippen LogP contribution in [0, 0.1) is 41.4 Å². The second-order valence-corrected chi connectivity index (χ2v) is 8.07. The molecular formula is C18H31N. The summed E-state index contributed by atoms with van der Waals surface area (Å²) in [5.41, 5.74) is 0. The topological polar surface area (TPSA) is 12.0 Å². The molecular weight excluding hydrogens is 230 g/mol. The summed E-state index contributed by atoms with van der Waals surface area (Å²) in [5, 5.41) is 3.76. The molecule has 4 saturated carbocycles. The van der Waals surface area contributed by atoms with Crippen molar-refractivity contribution in [2.24, 2.45) is 41.4 Å². The highest BCUT2D eigenvalue weighted by Crippen LogP contribution is 2.71. The highest BCUT2D eigenvalue weighted by Gasteiger charge is 2.67. The first-order valence-corrected chi connectivity index (χ1v) is 9.00. The minimum Gasteiger partial charge on any atom is -0.316 e. The Morgan fingerprint density at radius 2 is 1.58 bits per heavy atom. The molecule has 0 saturated heterocycles. The molecule has 0 radical (unpaired) electrons. The molecule has 1 nitrogen and oxygen atoms in total. The number of hydrogen-bond acceptors (Lipinski definition) is 1. The lowest BCUT2D eigenvalue weighted by molar-refractivity contribution is 0.194. The van der Waals surface area contributed by atoms with E-state index in [2.05, 4.69) is 19.3 Å². The second-order valence-electron chi connectivity index (χ2n) is 8.07. The summed E-state index contributed by atoms with van der Waals surface area (Å²) in [5.74, 6) is 7.72. The average Bonchev–Trinajstić information content (AvgIpc) is 2.88. The molecule has 0 heterocycles. The third-order valence-electron chi connectivity index (χ3n) is 7.52. The maximum absolute atomic E-state index is 3.76. The number of rotatable bonds is 4. The third-order valence-corrected chi connectivity index (χ3v) is 7.52. The highest BCUT2D eigenvalue weighted by molar-refractivity contribution is 5.16. The van der Waals surface area contributed by atoms with E-state index in [0.717, 1.165) is 47.5 Å². The summed E-state index contributed by atoms with van der Waals surface area (Å²) in [6, 6.07) is 0.871. The van der Waals surface area contributed by atoms with Gasteiger partial charge in [-0.05, 0) is 80.6 Å². The summed E-state index contributed by atoms with van der Waals surface area (Å²) in [6.45, 7) is 2.38. The molecule has 0 aliphatic heterocycles. The Morgan fingerprint density at radius 3 is 2.11 bits per heavy atom. The van der Waals surface area contributed by atoms with Gasteiger partial charge in [-0.2, -0.15) is 0 Å². The van der Waals surface area contributed by atoms with Crippen LogP contribution in [0.4, 0.5) is 0 Å². The van der Waals surface area contributed by atoms with E-state index >= 15 is 0 Å². The summed E-state index contributed by atoms with van der Waals surface area (Å²) < 4.78 is 0. The first-order chi connectivity index (χ1) is 9.33. The monoisotopic (exact) mass is 261 g/mol. The van der Waals surface area contributed by atoms with Gasteiger partial charge in [-0.1, -0.05) is 26.2 Å². The molecule has 4 aliphatic carbocycles. The Morgan fingerprint density at radius 1 is 0.947 bits per heavy atom. The predicted molar refractivity (Wildman–Crippen MR) is 79.9 cm³/mol. The Balaban J connectivity index is 1.40. The van der Waals surface area contributed by atoms with E-state index in [-0.39, 0.29) is 0 Å². The van der Waals surface area contributed by atoms with Gasteiger partial charge in [-0.15, -0.1) is 0 Å². The fourth-order valence-electron chi connectivity index (χ4n) is 6.57. The molecule has 0 aromatic carbocycles. The van der Waals surface area contributed by atoms with Gasteiger partial charge in [0.05, 0.1) is 0 Å². The molecule has 5 atom stereocenters. The lowest BCUT2D eigenvalue weighted by Gasteiger charge is -2.35. The zero-order chi connectivity index (χ0) is 13.0.